The number of halogens is 1. The van der Waals surface area contributed by atoms with Crippen LogP contribution in [0.5, 0.6) is 0 Å². The third kappa shape index (κ3) is 6.23. The van der Waals surface area contributed by atoms with Gasteiger partial charge in [-0.05, 0) is 12.1 Å². The molecule has 0 bridgehead atoms. The van der Waals surface area contributed by atoms with Crippen molar-refractivity contribution in [3.05, 3.63) is 24.3 Å². The van der Waals surface area contributed by atoms with Gasteiger partial charge in [-0.1, -0.05) is 12.1 Å². The van der Waals surface area contributed by atoms with Crippen LogP contribution < -0.4 is 16.4 Å². The first-order valence-corrected chi connectivity index (χ1v) is 7.76. The van der Waals surface area contributed by atoms with Gasteiger partial charge < -0.3 is 21.1 Å². The molecule has 1 heterocycles. The molecule has 0 radical (unpaired) electrons. The Balaban J connectivity index is 0.00000242. The zero-order valence-electron chi connectivity index (χ0n) is 12.0. The van der Waals surface area contributed by atoms with E-state index < -0.39 is 0 Å². The zero-order valence-corrected chi connectivity index (χ0v) is 13.7. The number of benzene rings is 1. The van der Waals surface area contributed by atoms with Gasteiger partial charge in [0.1, 0.15) is 0 Å². The summed E-state index contributed by atoms with van der Waals surface area (Å²) in [4.78, 5) is 23.7. The first kappa shape index (κ1) is 18.8. The van der Waals surface area contributed by atoms with Crippen LogP contribution in [-0.4, -0.2) is 43.4 Å². The topological polar surface area (TPSA) is 93.5 Å². The number of ether oxygens (including phenoxy) is 1. The molecule has 1 aliphatic rings. The number of nitrogens with one attached hydrogen (secondary N) is 2. The monoisotopic (exact) mass is 345 g/mol. The molecule has 1 aliphatic heterocycles. The summed E-state index contributed by atoms with van der Waals surface area (Å²) in [6, 6.07) is 7.35. The number of primary amides is 1. The smallest absolute Gasteiger partial charge is 0.227 e. The maximum Gasteiger partial charge on any atom is 0.227 e. The fourth-order valence-corrected chi connectivity index (χ4v) is 2.75. The average Bonchev–Trinajstić information content (AvgIpc) is 2.47. The van der Waals surface area contributed by atoms with Gasteiger partial charge in [0, 0.05) is 18.0 Å². The molecule has 1 atom stereocenters. The quantitative estimate of drug-likeness (QED) is 0.669. The Bertz CT molecular complexity index is 510. The van der Waals surface area contributed by atoms with Gasteiger partial charge in [-0.3, -0.25) is 9.59 Å². The third-order valence-electron chi connectivity index (χ3n) is 2.95. The number of anilines is 1. The first-order valence-electron chi connectivity index (χ1n) is 6.77. The van der Waals surface area contributed by atoms with Gasteiger partial charge in [0.05, 0.1) is 30.6 Å². The lowest BCUT2D eigenvalue weighted by atomic mass is 10.2. The van der Waals surface area contributed by atoms with Crippen LogP contribution in [0.1, 0.15) is 6.42 Å². The second-order valence-electron chi connectivity index (χ2n) is 4.70. The number of hydrogen-bond acceptors (Lipinski definition) is 5. The largest absolute Gasteiger partial charge is 0.375 e. The molecule has 1 fully saturated rings. The lowest BCUT2D eigenvalue weighted by molar-refractivity contribution is -0.119. The molecule has 22 heavy (non-hydrogen) atoms. The van der Waals surface area contributed by atoms with Crippen LogP contribution in [0.2, 0.25) is 0 Å². The number of rotatable bonds is 6. The third-order valence-corrected chi connectivity index (χ3v) is 4.04. The number of carbonyl (C=O) groups excluding carboxylic acids is 2. The molecule has 4 N–H and O–H groups in total. The van der Waals surface area contributed by atoms with Crippen LogP contribution >= 0.6 is 24.2 Å². The molecule has 6 nitrogen and oxygen atoms in total. The molecule has 0 aromatic heterocycles. The number of morpholine rings is 1. The Labute approximate surface area is 139 Å². The van der Waals surface area contributed by atoms with Crippen molar-refractivity contribution in [2.24, 2.45) is 5.73 Å². The summed E-state index contributed by atoms with van der Waals surface area (Å²) < 4.78 is 5.51. The van der Waals surface area contributed by atoms with Crippen molar-refractivity contribution in [1.29, 1.82) is 0 Å². The van der Waals surface area contributed by atoms with E-state index in [1.54, 1.807) is 6.07 Å². The van der Waals surface area contributed by atoms with E-state index in [1.807, 2.05) is 18.2 Å². The lowest BCUT2D eigenvalue weighted by Crippen LogP contribution is -2.40. The fraction of sp³-hybridized carbons (Fsp3) is 0.429. The normalized spacial score (nSPS) is 17.4. The Morgan fingerprint density at radius 3 is 2.86 bits per heavy atom. The number of nitrogens with two attached hydrogens (primary N) is 1. The summed E-state index contributed by atoms with van der Waals surface area (Å²) in [5, 5.41) is 6.05. The van der Waals surface area contributed by atoms with Crippen molar-refractivity contribution in [2.45, 2.75) is 17.4 Å². The fourth-order valence-electron chi connectivity index (χ4n) is 2.00. The predicted molar refractivity (Wildman–Crippen MR) is 89.5 cm³/mol. The van der Waals surface area contributed by atoms with Crippen LogP contribution in [0, 0.1) is 0 Å². The Hall–Kier alpha value is -1.28. The van der Waals surface area contributed by atoms with Crippen LogP contribution in [0.4, 0.5) is 5.69 Å². The van der Waals surface area contributed by atoms with Gasteiger partial charge >= 0.3 is 0 Å². The molecule has 1 unspecified atom stereocenters. The highest BCUT2D eigenvalue weighted by molar-refractivity contribution is 8.00. The molecule has 122 valence electrons. The van der Waals surface area contributed by atoms with E-state index in [4.69, 9.17) is 10.5 Å². The van der Waals surface area contributed by atoms with E-state index >= 15 is 0 Å². The Morgan fingerprint density at radius 2 is 2.18 bits per heavy atom. The molecule has 0 saturated carbocycles. The van der Waals surface area contributed by atoms with E-state index in [0.29, 0.717) is 25.3 Å². The van der Waals surface area contributed by atoms with Crippen LogP contribution in [-0.2, 0) is 14.3 Å². The second kappa shape index (κ2) is 9.68. The van der Waals surface area contributed by atoms with Crippen molar-refractivity contribution >= 4 is 41.7 Å². The van der Waals surface area contributed by atoms with Crippen LogP contribution in [0.3, 0.4) is 0 Å². The van der Waals surface area contributed by atoms with Gasteiger partial charge in [-0.25, -0.2) is 0 Å². The molecule has 1 aromatic rings. The minimum absolute atomic E-state index is 0. The number of hydrogen-bond donors (Lipinski definition) is 3. The van der Waals surface area contributed by atoms with Crippen LogP contribution in [0.15, 0.2) is 29.2 Å². The molecular weight excluding hydrogens is 326 g/mol. The van der Waals surface area contributed by atoms with Crippen molar-refractivity contribution in [3.63, 3.8) is 0 Å². The Morgan fingerprint density at radius 1 is 1.41 bits per heavy atom. The zero-order chi connectivity index (χ0) is 15.1. The van der Waals surface area contributed by atoms with Crippen molar-refractivity contribution in [3.8, 4) is 0 Å². The molecular formula is C14H20ClN3O3S. The van der Waals surface area contributed by atoms with Gasteiger partial charge in [-0.2, -0.15) is 0 Å². The van der Waals surface area contributed by atoms with Crippen LogP contribution in [0.25, 0.3) is 0 Å². The lowest BCUT2D eigenvalue weighted by Gasteiger charge is -2.23. The van der Waals surface area contributed by atoms with Gasteiger partial charge in [0.15, 0.2) is 0 Å². The molecule has 1 saturated heterocycles. The number of amides is 2. The minimum Gasteiger partial charge on any atom is -0.375 e. The second-order valence-corrected chi connectivity index (χ2v) is 5.72. The minimum atomic E-state index is -0.386. The molecule has 0 aliphatic carbocycles. The summed E-state index contributed by atoms with van der Waals surface area (Å²) in [5.41, 5.74) is 5.84. The van der Waals surface area contributed by atoms with Crippen molar-refractivity contribution in [2.75, 3.05) is 30.8 Å². The number of para-hydroxylation sites is 1. The van der Waals surface area contributed by atoms with Crippen molar-refractivity contribution in [1.82, 2.24) is 5.32 Å². The molecule has 1 aromatic carbocycles. The maximum absolute atomic E-state index is 12.1. The summed E-state index contributed by atoms with van der Waals surface area (Å²) in [5.74, 6) is -0.304. The van der Waals surface area contributed by atoms with E-state index in [-0.39, 0.29) is 36.1 Å². The Kier molecular flexibility index (Phi) is 8.26. The van der Waals surface area contributed by atoms with Gasteiger partial charge in [0.25, 0.3) is 0 Å². The van der Waals surface area contributed by atoms with E-state index in [9.17, 15) is 9.59 Å². The summed E-state index contributed by atoms with van der Waals surface area (Å²) in [6.07, 6.45) is 0.214. The first-order chi connectivity index (χ1) is 10.1. The van der Waals surface area contributed by atoms with E-state index in [0.717, 1.165) is 11.4 Å². The number of thioether (sulfide) groups is 1. The molecule has 8 heteroatoms. The van der Waals surface area contributed by atoms with E-state index in [2.05, 4.69) is 10.6 Å². The van der Waals surface area contributed by atoms with Crippen molar-refractivity contribution < 1.29 is 14.3 Å². The highest BCUT2D eigenvalue weighted by atomic mass is 35.5. The maximum atomic E-state index is 12.1. The van der Waals surface area contributed by atoms with E-state index in [1.165, 1.54) is 11.8 Å². The summed E-state index contributed by atoms with van der Waals surface area (Å²) >= 11 is 1.31. The highest BCUT2D eigenvalue weighted by Gasteiger charge is 2.18. The molecule has 2 amide bonds. The number of carbonyl (C=O) groups is 2. The predicted octanol–water partition coefficient (Wildman–Crippen LogP) is 1.00. The SMILES string of the molecule is Cl.NC(=O)CSc1ccccc1NC(=O)CC1CNCCO1. The van der Waals surface area contributed by atoms with Gasteiger partial charge in [0.2, 0.25) is 11.8 Å². The molecule has 2 rings (SSSR count). The summed E-state index contributed by atoms with van der Waals surface area (Å²) in [6.45, 7) is 2.14. The highest BCUT2D eigenvalue weighted by Crippen LogP contribution is 2.26. The average molecular weight is 346 g/mol. The standard InChI is InChI=1S/C14H19N3O3S.ClH/c15-13(18)9-21-12-4-2-1-3-11(12)17-14(19)7-10-8-16-5-6-20-10;/h1-4,10,16H,5-9H2,(H2,15,18)(H,17,19);1H. The van der Waals surface area contributed by atoms with Gasteiger partial charge in [-0.15, -0.1) is 24.2 Å². The molecule has 0 spiro atoms. The summed E-state index contributed by atoms with van der Waals surface area (Å²) in [7, 11) is 0.